The third kappa shape index (κ3) is 2.69. The van der Waals surface area contributed by atoms with E-state index in [9.17, 15) is 0 Å². The second kappa shape index (κ2) is 5.07. The Morgan fingerprint density at radius 3 is 2.94 bits per heavy atom. The molecule has 0 atom stereocenters. The second-order valence-corrected chi connectivity index (χ2v) is 4.37. The normalized spacial score (nSPS) is 15.1. The van der Waals surface area contributed by atoms with Crippen LogP contribution < -0.4 is 15.5 Å². The highest BCUT2D eigenvalue weighted by Gasteiger charge is 2.09. The largest absolute Gasteiger partial charge is 0.356 e. The SMILES string of the molecule is CN(C)c1ncc(CNC2=NCCCN2)n1C. The first kappa shape index (κ1) is 11.8. The first-order valence-electron chi connectivity index (χ1n) is 5.88. The summed E-state index contributed by atoms with van der Waals surface area (Å²) in [7, 11) is 6.01. The lowest BCUT2D eigenvalue weighted by atomic mass is 10.4. The fourth-order valence-electron chi connectivity index (χ4n) is 1.84. The average molecular weight is 236 g/mol. The van der Waals surface area contributed by atoms with Crippen LogP contribution in [0.5, 0.6) is 0 Å². The van der Waals surface area contributed by atoms with E-state index >= 15 is 0 Å². The first-order chi connectivity index (χ1) is 8.18. The molecule has 0 aliphatic carbocycles. The van der Waals surface area contributed by atoms with Crippen LogP contribution in [-0.4, -0.2) is 42.7 Å². The van der Waals surface area contributed by atoms with Gasteiger partial charge >= 0.3 is 0 Å². The van der Waals surface area contributed by atoms with E-state index in [1.54, 1.807) is 0 Å². The van der Waals surface area contributed by atoms with Gasteiger partial charge in [-0.05, 0) is 6.42 Å². The quantitative estimate of drug-likeness (QED) is 0.771. The number of anilines is 1. The van der Waals surface area contributed by atoms with Crippen molar-refractivity contribution in [2.24, 2.45) is 12.0 Å². The number of hydrogen-bond donors (Lipinski definition) is 2. The van der Waals surface area contributed by atoms with Crippen LogP contribution in [0.3, 0.4) is 0 Å². The smallest absolute Gasteiger partial charge is 0.204 e. The van der Waals surface area contributed by atoms with Gasteiger partial charge in [0.15, 0.2) is 5.96 Å². The van der Waals surface area contributed by atoms with Crippen molar-refractivity contribution >= 4 is 11.9 Å². The van der Waals surface area contributed by atoms with Crippen LogP contribution in [0.25, 0.3) is 0 Å². The Kier molecular flexibility index (Phi) is 3.51. The van der Waals surface area contributed by atoms with Crippen molar-refractivity contribution in [2.45, 2.75) is 13.0 Å². The molecule has 6 nitrogen and oxygen atoms in total. The molecule has 0 radical (unpaired) electrons. The summed E-state index contributed by atoms with van der Waals surface area (Å²) in [5.41, 5.74) is 1.14. The van der Waals surface area contributed by atoms with E-state index < -0.39 is 0 Å². The van der Waals surface area contributed by atoms with Gasteiger partial charge in [0.05, 0.1) is 18.4 Å². The van der Waals surface area contributed by atoms with Crippen molar-refractivity contribution in [3.63, 3.8) is 0 Å². The van der Waals surface area contributed by atoms with Crippen LogP contribution >= 0.6 is 0 Å². The van der Waals surface area contributed by atoms with Gasteiger partial charge in [-0.15, -0.1) is 0 Å². The molecule has 0 unspecified atom stereocenters. The molecule has 2 N–H and O–H groups in total. The number of imidazole rings is 1. The van der Waals surface area contributed by atoms with E-state index in [0.29, 0.717) is 0 Å². The standard InChI is InChI=1S/C11H20N6/c1-16(2)11-15-8-9(17(11)3)7-14-10-12-5-4-6-13-10/h8H,4-7H2,1-3H3,(H2,12,13,14). The van der Waals surface area contributed by atoms with Crippen LogP contribution in [0.4, 0.5) is 5.95 Å². The molecule has 94 valence electrons. The lowest BCUT2D eigenvalue weighted by Crippen LogP contribution is -2.40. The summed E-state index contributed by atoms with van der Waals surface area (Å²) in [6, 6.07) is 0. The molecule has 0 amide bonds. The Labute approximate surface area is 102 Å². The van der Waals surface area contributed by atoms with Gasteiger partial charge in [0, 0.05) is 34.2 Å². The lowest BCUT2D eigenvalue weighted by molar-refractivity contribution is 0.688. The summed E-state index contributed by atoms with van der Waals surface area (Å²) in [6.45, 7) is 2.65. The molecule has 6 heteroatoms. The monoisotopic (exact) mass is 236 g/mol. The highest BCUT2D eigenvalue weighted by Crippen LogP contribution is 2.10. The molecule has 2 heterocycles. The Balaban J connectivity index is 1.97. The molecule has 1 aromatic heterocycles. The molecule has 1 aliphatic rings. The zero-order chi connectivity index (χ0) is 12.3. The average Bonchev–Trinajstić information content (AvgIpc) is 2.69. The highest BCUT2D eigenvalue weighted by atomic mass is 15.3. The number of hydrogen-bond acceptors (Lipinski definition) is 5. The second-order valence-electron chi connectivity index (χ2n) is 4.37. The van der Waals surface area contributed by atoms with Gasteiger partial charge in [0.1, 0.15) is 0 Å². The topological polar surface area (TPSA) is 57.5 Å². The number of nitrogens with zero attached hydrogens (tertiary/aromatic N) is 4. The van der Waals surface area contributed by atoms with E-state index in [1.165, 1.54) is 0 Å². The Hall–Kier alpha value is -1.72. The predicted octanol–water partition coefficient (Wildman–Crippen LogP) is -0.0750. The van der Waals surface area contributed by atoms with Gasteiger partial charge in [0.25, 0.3) is 0 Å². The number of aromatic nitrogens is 2. The number of aliphatic imine (C=N–C) groups is 1. The van der Waals surface area contributed by atoms with Crippen molar-refractivity contribution in [1.29, 1.82) is 0 Å². The zero-order valence-electron chi connectivity index (χ0n) is 10.7. The minimum absolute atomic E-state index is 0.739. The van der Waals surface area contributed by atoms with E-state index in [2.05, 4.69) is 25.2 Å². The molecule has 0 fully saturated rings. The molecule has 0 saturated carbocycles. The summed E-state index contributed by atoms with van der Waals surface area (Å²) in [5, 5.41) is 6.53. The Morgan fingerprint density at radius 2 is 2.35 bits per heavy atom. The summed E-state index contributed by atoms with van der Waals surface area (Å²) >= 11 is 0. The fraction of sp³-hybridized carbons (Fsp3) is 0.636. The summed E-state index contributed by atoms with van der Waals surface area (Å²) < 4.78 is 2.08. The third-order valence-corrected chi connectivity index (χ3v) is 2.79. The first-order valence-corrected chi connectivity index (χ1v) is 5.88. The molecule has 0 bridgehead atoms. The van der Waals surface area contributed by atoms with E-state index in [-0.39, 0.29) is 0 Å². The molecule has 2 rings (SSSR count). The lowest BCUT2D eigenvalue weighted by Gasteiger charge is -2.17. The van der Waals surface area contributed by atoms with Crippen LogP contribution in [0.1, 0.15) is 12.1 Å². The van der Waals surface area contributed by atoms with Gasteiger partial charge in [-0.25, -0.2) is 4.98 Å². The van der Waals surface area contributed by atoms with E-state index in [4.69, 9.17) is 0 Å². The van der Waals surface area contributed by atoms with Gasteiger partial charge in [-0.2, -0.15) is 0 Å². The molecule has 0 aromatic carbocycles. The maximum Gasteiger partial charge on any atom is 0.204 e. The minimum atomic E-state index is 0.739. The zero-order valence-corrected chi connectivity index (χ0v) is 10.7. The van der Waals surface area contributed by atoms with Crippen molar-refractivity contribution in [2.75, 3.05) is 32.1 Å². The Morgan fingerprint density at radius 1 is 1.53 bits per heavy atom. The number of nitrogens with one attached hydrogen (secondary N) is 2. The third-order valence-electron chi connectivity index (χ3n) is 2.79. The van der Waals surface area contributed by atoms with Crippen LogP contribution in [0, 0.1) is 0 Å². The van der Waals surface area contributed by atoms with Crippen LogP contribution in [-0.2, 0) is 13.6 Å². The fourth-order valence-corrected chi connectivity index (χ4v) is 1.84. The molecular weight excluding hydrogens is 216 g/mol. The highest BCUT2D eigenvalue weighted by molar-refractivity contribution is 5.80. The van der Waals surface area contributed by atoms with Gasteiger partial charge in [0.2, 0.25) is 5.95 Å². The number of rotatable bonds is 3. The number of guanidine groups is 1. The van der Waals surface area contributed by atoms with E-state index in [1.807, 2.05) is 32.2 Å². The minimum Gasteiger partial charge on any atom is -0.356 e. The summed E-state index contributed by atoms with van der Waals surface area (Å²) in [4.78, 5) is 10.7. The van der Waals surface area contributed by atoms with Crippen LogP contribution in [0.15, 0.2) is 11.2 Å². The molecular formula is C11H20N6. The van der Waals surface area contributed by atoms with E-state index in [0.717, 1.165) is 43.7 Å². The maximum absolute atomic E-state index is 4.37. The predicted molar refractivity (Wildman–Crippen MR) is 69.3 cm³/mol. The molecule has 1 aliphatic heterocycles. The molecule has 1 aromatic rings. The maximum atomic E-state index is 4.37. The summed E-state index contributed by atoms with van der Waals surface area (Å²) in [6.07, 6.45) is 3.01. The van der Waals surface area contributed by atoms with Gasteiger partial charge < -0.3 is 20.1 Å². The van der Waals surface area contributed by atoms with Crippen molar-refractivity contribution < 1.29 is 0 Å². The van der Waals surface area contributed by atoms with Gasteiger partial charge in [-0.1, -0.05) is 0 Å². The van der Waals surface area contributed by atoms with Crippen molar-refractivity contribution in [3.05, 3.63) is 11.9 Å². The molecule has 0 saturated heterocycles. The van der Waals surface area contributed by atoms with Crippen molar-refractivity contribution in [3.8, 4) is 0 Å². The summed E-state index contributed by atoms with van der Waals surface area (Å²) in [5.74, 6) is 1.85. The van der Waals surface area contributed by atoms with Gasteiger partial charge in [-0.3, -0.25) is 4.99 Å². The molecule has 0 spiro atoms. The molecule has 17 heavy (non-hydrogen) atoms. The van der Waals surface area contributed by atoms with Crippen molar-refractivity contribution in [1.82, 2.24) is 20.2 Å². The Bertz CT molecular complexity index is 406. The van der Waals surface area contributed by atoms with Crippen LogP contribution in [0.2, 0.25) is 0 Å².